The third kappa shape index (κ3) is 10.4. The van der Waals surface area contributed by atoms with Crippen LogP contribution in [0.5, 0.6) is 0 Å². The molecule has 0 aromatic rings. The molecule has 0 amide bonds. The predicted octanol–water partition coefficient (Wildman–Crippen LogP) is -0.439. The summed E-state index contributed by atoms with van der Waals surface area (Å²) in [6, 6.07) is -1.29. The number of nitrogens with two attached hydrogens (primary N) is 1. The van der Waals surface area contributed by atoms with Crippen molar-refractivity contribution >= 4 is 21.8 Å². The van der Waals surface area contributed by atoms with E-state index in [1.807, 2.05) is 0 Å². The number of hydrogen-bond acceptors (Lipinski definition) is 5. The van der Waals surface area contributed by atoms with E-state index in [1.165, 1.54) is 0 Å². The van der Waals surface area contributed by atoms with E-state index in [2.05, 4.69) is 13.2 Å². The zero-order valence-corrected chi connectivity index (χ0v) is 9.18. The van der Waals surface area contributed by atoms with E-state index in [-0.39, 0.29) is 0 Å². The third-order valence-corrected chi connectivity index (χ3v) is 2.11. The lowest BCUT2D eigenvalue weighted by molar-refractivity contribution is -0.144. The summed E-state index contributed by atoms with van der Waals surface area (Å²) in [5.74, 6) is -2.50. The molecule has 0 saturated carbocycles. The molecule has 0 fully saturated rings. The molecule has 0 aliphatic carbocycles. The smallest absolute Gasteiger partial charge is 0.321 e. The van der Waals surface area contributed by atoms with Gasteiger partial charge in [0.1, 0.15) is 6.04 Å². The van der Waals surface area contributed by atoms with Gasteiger partial charge < -0.3 is 15.9 Å². The Bertz CT molecular complexity index is 358. The summed E-state index contributed by atoms with van der Waals surface area (Å²) in [5.41, 5.74) is 4.84. The Hall–Kier alpha value is -1.67. The number of carboxylic acids is 2. The first kappa shape index (κ1) is 16.7. The Morgan fingerprint density at radius 2 is 1.62 bits per heavy atom. The van der Waals surface area contributed by atoms with Gasteiger partial charge in [-0.1, -0.05) is 13.2 Å². The fraction of sp³-hybridized carbons (Fsp3) is 0.250. The molecule has 4 N–H and O–H groups in total. The molecule has 0 saturated heterocycles. The molecule has 0 aromatic carbocycles. The van der Waals surface area contributed by atoms with Crippen molar-refractivity contribution < 1.29 is 28.2 Å². The minimum Gasteiger partial charge on any atom is -0.481 e. The highest BCUT2D eigenvalue weighted by atomic mass is 32.2. The van der Waals surface area contributed by atoms with E-state index >= 15 is 0 Å². The highest BCUT2D eigenvalue weighted by molar-refractivity contribution is 7.97. The van der Waals surface area contributed by atoms with Gasteiger partial charge in [-0.3, -0.25) is 9.59 Å². The van der Waals surface area contributed by atoms with Gasteiger partial charge in [0.15, 0.2) is 9.84 Å². The van der Waals surface area contributed by atoms with Crippen molar-refractivity contribution in [2.45, 2.75) is 12.5 Å². The fourth-order valence-corrected chi connectivity index (χ4v) is 0.480. The number of aliphatic carboxylic acids is 2. The molecule has 8 heteroatoms. The van der Waals surface area contributed by atoms with Crippen molar-refractivity contribution in [3.8, 4) is 0 Å². The molecule has 0 aliphatic heterocycles. The average molecular weight is 251 g/mol. The molecule has 16 heavy (non-hydrogen) atoms. The maximum absolute atomic E-state index is 10.1. The minimum absolute atomic E-state index is 0.532. The summed E-state index contributed by atoms with van der Waals surface area (Å²) < 4.78 is 20.3. The van der Waals surface area contributed by atoms with Gasteiger partial charge in [0.2, 0.25) is 0 Å². The quantitative estimate of drug-likeness (QED) is 0.602. The lowest BCUT2D eigenvalue weighted by Gasteiger charge is -1.99. The first-order chi connectivity index (χ1) is 7.16. The van der Waals surface area contributed by atoms with E-state index < -0.39 is 34.2 Å². The first-order valence-corrected chi connectivity index (χ1v) is 5.47. The Morgan fingerprint density at radius 3 is 1.69 bits per heavy atom. The molecular weight excluding hydrogens is 238 g/mol. The molecule has 92 valence electrons. The molecule has 0 aromatic heterocycles. The van der Waals surface area contributed by atoms with E-state index in [9.17, 15) is 18.0 Å². The van der Waals surface area contributed by atoms with Crippen LogP contribution in [0.3, 0.4) is 0 Å². The van der Waals surface area contributed by atoms with E-state index in [4.69, 9.17) is 15.9 Å². The van der Waals surface area contributed by atoms with Crippen LogP contribution in [0.25, 0.3) is 0 Å². The molecule has 1 unspecified atom stereocenters. The highest BCUT2D eigenvalue weighted by Gasteiger charge is 2.14. The minimum atomic E-state index is -3.13. The summed E-state index contributed by atoms with van der Waals surface area (Å²) in [5, 5.41) is 17.7. The summed E-state index contributed by atoms with van der Waals surface area (Å²) in [4.78, 5) is 19.6. The standard InChI is InChI=1S/C4H7NO4.C4H6O2S/c5-2(4(8)9)1-3(6)7;1-3-7(5,6)4-2/h2H,1,5H2,(H,6,7)(H,8,9);3-4H,1-2H2. The van der Waals surface area contributed by atoms with E-state index in [0.29, 0.717) is 0 Å². The van der Waals surface area contributed by atoms with Crippen LogP contribution in [-0.4, -0.2) is 36.6 Å². The number of hydrogen-bond donors (Lipinski definition) is 3. The Labute approximate surface area is 92.8 Å². The lowest BCUT2D eigenvalue weighted by Crippen LogP contribution is -2.32. The van der Waals surface area contributed by atoms with Crippen LogP contribution in [0, 0.1) is 0 Å². The summed E-state index contributed by atoms with van der Waals surface area (Å²) >= 11 is 0. The molecule has 0 radical (unpaired) electrons. The monoisotopic (exact) mass is 251 g/mol. The van der Waals surface area contributed by atoms with Gasteiger partial charge in [0.05, 0.1) is 6.42 Å². The zero-order chi connectivity index (χ0) is 13.4. The number of rotatable bonds is 5. The summed E-state index contributed by atoms with van der Waals surface area (Å²) in [6.45, 7) is 6.09. The van der Waals surface area contributed by atoms with Crippen LogP contribution in [-0.2, 0) is 19.4 Å². The fourth-order valence-electron chi connectivity index (χ4n) is 0.343. The van der Waals surface area contributed by atoms with Crippen molar-refractivity contribution in [1.82, 2.24) is 0 Å². The van der Waals surface area contributed by atoms with Crippen LogP contribution in [0.15, 0.2) is 24.0 Å². The second-order valence-corrected chi connectivity index (χ2v) is 4.31. The van der Waals surface area contributed by atoms with Crippen LogP contribution < -0.4 is 5.73 Å². The molecule has 0 rings (SSSR count). The topological polar surface area (TPSA) is 135 Å². The number of carboxylic acid groups (broad SMARTS) is 2. The normalized spacial score (nSPS) is 11.6. The van der Waals surface area contributed by atoms with Crippen LogP contribution in [0.1, 0.15) is 6.42 Å². The maximum atomic E-state index is 10.1. The van der Waals surface area contributed by atoms with Crippen LogP contribution in [0.4, 0.5) is 0 Å². The van der Waals surface area contributed by atoms with E-state index in [1.54, 1.807) is 0 Å². The van der Waals surface area contributed by atoms with Gasteiger partial charge >= 0.3 is 11.9 Å². The molecule has 0 spiro atoms. The van der Waals surface area contributed by atoms with E-state index in [0.717, 1.165) is 10.8 Å². The van der Waals surface area contributed by atoms with Crippen molar-refractivity contribution in [2.75, 3.05) is 0 Å². The molecule has 1 atom stereocenters. The highest BCUT2D eigenvalue weighted by Crippen LogP contribution is 1.87. The largest absolute Gasteiger partial charge is 0.481 e. The molecule has 0 heterocycles. The van der Waals surface area contributed by atoms with Crippen molar-refractivity contribution in [2.24, 2.45) is 5.73 Å². The van der Waals surface area contributed by atoms with Gasteiger partial charge in [0.25, 0.3) is 0 Å². The van der Waals surface area contributed by atoms with Crippen molar-refractivity contribution in [3.63, 3.8) is 0 Å². The van der Waals surface area contributed by atoms with Crippen LogP contribution >= 0.6 is 0 Å². The Kier molecular flexibility index (Phi) is 7.96. The van der Waals surface area contributed by atoms with Crippen molar-refractivity contribution in [1.29, 1.82) is 0 Å². The van der Waals surface area contributed by atoms with Gasteiger partial charge in [-0.15, -0.1) is 0 Å². The summed E-state index contributed by atoms with van der Waals surface area (Å²) in [7, 11) is -3.13. The first-order valence-electron chi connectivity index (χ1n) is 3.86. The van der Waals surface area contributed by atoms with Gasteiger partial charge in [-0.2, -0.15) is 0 Å². The number of sulfone groups is 1. The van der Waals surface area contributed by atoms with Gasteiger partial charge in [-0.25, -0.2) is 8.42 Å². The van der Waals surface area contributed by atoms with Crippen molar-refractivity contribution in [3.05, 3.63) is 24.0 Å². The molecule has 0 aliphatic rings. The lowest BCUT2D eigenvalue weighted by atomic mass is 10.2. The second kappa shape index (κ2) is 7.60. The van der Waals surface area contributed by atoms with Crippen LogP contribution in [0.2, 0.25) is 0 Å². The third-order valence-electron chi connectivity index (χ3n) is 1.18. The number of carbonyl (C=O) groups is 2. The second-order valence-electron chi connectivity index (χ2n) is 2.46. The summed E-state index contributed by atoms with van der Waals surface area (Å²) in [6.07, 6.45) is -0.532. The van der Waals surface area contributed by atoms with Gasteiger partial charge in [0, 0.05) is 10.8 Å². The molecular formula is C8H13NO6S. The maximum Gasteiger partial charge on any atom is 0.321 e. The average Bonchev–Trinajstić information content (AvgIpc) is 2.17. The SMILES string of the molecule is C=CS(=O)(=O)C=C.NC(CC(=O)O)C(=O)O. The predicted molar refractivity (Wildman–Crippen MR) is 57.2 cm³/mol. The Balaban J connectivity index is 0. The van der Waals surface area contributed by atoms with Gasteiger partial charge in [-0.05, 0) is 0 Å². The molecule has 7 nitrogen and oxygen atoms in total. The molecule has 0 bridgehead atoms. The zero-order valence-electron chi connectivity index (χ0n) is 8.37. The Morgan fingerprint density at radius 1 is 1.25 bits per heavy atom.